The van der Waals surface area contributed by atoms with Gasteiger partial charge in [0.05, 0.1) is 5.56 Å². The van der Waals surface area contributed by atoms with Crippen molar-refractivity contribution >= 4 is 6.09 Å². The van der Waals surface area contributed by atoms with Crippen molar-refractivity contribution in [2.24, 2.45) is 11.8 Å². The Morgan fingerprint density at radius 1 is 1.12 bits per heavy atom. The molecule has 1 saturated heterocycles. The highest BCUT2D eigenvalue weighted by molar-refractivity contribution is 5.68. The molecule has 144 valence electrons. The van der Waals surface area contributed by atoms with Gasteiger partial charge in [0, 0.05) is 13.1 Å². The molecule has 2 aliphatic rings. The van der Waals surface area contributed by atoms with Crippen molar-refractivity contribution in [2.45, 2.75) is 51.3 Å². The normalized spacial score (nSPS) is 26.1. The first-order valence-electron chi connectivity index (χ1n) is 8.78. The molecule has 0 bridgehead atoms. The lowest BCUT2D eigenvalue weighted by molar-refractivity contribution is -0.138. The second-order valence-corrected chi connectivity index (χ2v) is 8.30. The van der Waals surface area contributed by atoms with Crippen LogP contribution in [0.1, 0.15) is 50.7 Å². The molecule has 1 aliphatic heterocycles. The summed E-state index contributed by atoms with van der Waals surface area (Å²) in [6.45, 7) is 6.33. The fourth-order valence-electron chi connectivity index (χ4n) is 4.16. The van der Waals surface area contributed by atoms with Gasteiger partial charge in [-0.3, -0.25) is 0 Å². The second kappa shape index (κ2) is 6.43. The number of hydrogen-bond acceptors (Lipinski definition) is 2. The minimum Gasteiger partial charge on any atom is -0.444 e. The van der Waals surface area contributed by atoms with E-state index in [9.17, 15) is 22.4 Å². The molecule has 1 saturated carbocycles. The molecule has 1 amide bonds. The zero-order valence-corrected chi connectivity index (χ0v) is 15.1. The van der Waals surface area contributed by atoms with E-state index in [4.69, 9.17) is 4.74 Å². The second-order valence-electron chi connectivity index (χ2n) is 8.30. The fraction of sp³-hybridized carbons (Fsp3) is 0.632. The van der Waals surface area contributed by atoms with E-state index in [1.54, 1.807) is 25.7 Å². The number of carbonyl (C=O) groups is 1. The van der Waals surface area contributed by atoms with Crippen molar-refractivity contribution in [3.63, 3.8) is 0 Å². The Bertz CT molecular complexity index is 682. The van der Waals surface area contributed by atoms with Crippen molar-refractivity contribution in [2.75, 3.05) is 13.1 Å². The van der Waals surface area contributed by atoms with E-state index in [0.717, 1.165) is 18.2 Å². The molecule has 3 nitrogen and oxygen atoms in total. The van der Waals surface area contributed by atoms with Gasteiger partial charge < -0.3 is 9.64 Å². The highest BCUT2D eigenvalue weighted by Crippen LogP contribution is 2.49. The van der Waals surface area contributed by atoms with Crippen molar-refractivity contribution in [1.82, 2.24) is 4.90 Å². The van der Waals surface area contributed by atoms with Gasteiger partial charge in [0.15, 0.2) is 0 Å². The number of fused-ring (bicyclic) bond motifs is 1. The van der Waals surface area contributed by atoms with Crippen LogP contribution >= 0.6 is 0 Å². The molecular formula is C19H23F4NO2. The van der Waals surface area contributed by atoms with E-state index >= 15 is 0 Å². The summed E-state index contributed by atoms with van der Waals surface area (Å²) in [6.07, 6.45) is -3.83. The minimum absolute atomic E-state index is 0.0377. The predicted molar refractivity (Wildman–Crippen MR) is 88.2 cm³/mol. The Hall–Kier alpha value is -1.79. The molecule has 1 aliphatic carbocycles. The predicted octanol–water partition coefficient (Wildman–Crippen LogP) is 5.21. The summed E-state index contributed by atoms with van der Waals surface area (Å²) in [6, 6.07) is 2.69. The van der Waals surface area contributed by atoms with Crippen molar-refractivity contribution < 1.29 is 27.1 Å². The van der Waals surface area contributed by atoms with E-state index in [1.807, 2.05) is 0 Å². The molecule has 0 radical (unpaired) electrons. The molecule has 1 heterocycles. The maximum Gasteiger partial charge on any atom is 0.416 e. The summed E-state index contributed by atoms with van der Waals surface area (Å²) in [5, 5.41) is 0. The third-order valence-electron chi connectivity index (χ3n) is 5.16. The molecule has 0 N–H and O–H groups in total. The molecular weight excluding hydrogens is 350 g/mol. The Balaban J connectivity index is 1.71. The van der Waals surface area contributed by atoms with Crippen LogP contribution in [-0.4, -0.2) is 29.7 Å². The number of amides is 1. The van der Waals surface area contributed by atoms with Crippen molar-refractivity contribution in [1.29, 1.82) is 0 Å². The quantitative estimate of drug-likeness (QED) is 0.633. The Labute approximate surface area is 150 Å². The topological polar surface area (TPSA) is 29.5 Å². The maximum absolute atomic E-state index is 13.6. The summed E-state index contributed by atoms with van der Waals surface area (Å²) in [7, 11) is 0. The van der Waals surface area contributed by atoms with Gasteiger partial charge in [-0.2, -0.15) is 13.2 Å². The van der Waals surface area contributed by atoms with Gasteiger partial charge in [0.1, 0.15) is 11.4 Å². The lowest BCUT2D eigenvalue weighted by atomic mass is 9.91. The average molecular weight is 373 g/mol. The Morgan fingerprint density at radius 3 is 2.19 bits per heavy atom. The molecule has 1 aromatic rings. The van der Waals surface area contributed by atoms with E-state index < -0.39 is 23.2 Å². The largest absolute Gasteiger partial charge is 0.444 e. The molecule has 0 aromatic heterocycles. The summed E-state index contributed by atoms with van der Waals surface area (Å²) >= 11 is 0. The van der Waals surface area contributed by atoms with Crippen LogP contribution in [0.3, 0.4) is 0 Å². The van der Waals surface area contributed by atoms with Crippen LogP contribution in [0.15, 0.2) is 18.2 Å². The Morgan fingerprint density at radius 2 is 1.69 bits per heavy atom. The first kappa shape index (κ1) is 19.0. The van der Waals surface area contributed by atoms with Crippen LogP contribution in [0.2, 0.25) is 0 Å². The van der Waals surface area contributed by atoms with Gasteiger partial charge in [0.2, 0.25) is 0 Å². The molecule has 0 spiro atoms. The summed E-state index contributed by atoms with van der Waals surface area (Å²) < 4.78 is 58.7. The molecule has 1 aromatic carbocycles. The number of benzene rings is 1. The highest BCUT2D eigenvalue weighted by Gasteiger charge is 2.45. The average Bonchev–Trinajstić information content (AvgIpc) is 3.02. The van der Waals surface area contributed by atoms with Gasteiger partial charge in [-0.1, -0.05) is 0 Å². The van der Waals surface area contributed by atoms with Gasteiger partial charge in [-0.05, 0) is 75.1 Å². The van der Waals surface area contributed by atoms with Gasteiger partial charge in [0.25, 0.3) is 0 Å². The number of nitrogens with zero attached hydrogens (tertiary/aromatic N) is 1. The third kappa shape index (κ3) is 3.96. The molecule has 26 heavy (non-hydrogen) atoms. The monoisotopic (exact) mass is 373 g/mol. The van der Waals surface area contributed by atoms with Crippen LogP contribution in [0.5, 0.6) is 0 Å². The summed E-state index contributed by atoms with van der Waals surface area (Å²) in [4.78, 5) is 13.8. The molecule has 7 heteroatoms. The molecule has 2 unspecified atom stereocenters. The lowest BCUT2D eigenvalue weighted by Gasteiger charge is -2.25. The van der Waals surface area contributed by atoms with Crippen LogP contribution in [0.25, 0.3) is 0 Å². The lowest BCUT2D eigenvalue weighted by Crippen LogP contribution is -2.36. The molecule has 2 atom stereocenters. The summed E-state index contributed by atoms with van der Waals surface area (Å²) in [5.74, 6) is -0.743. The van der Waals surface area contributed by atoms with E-state index in [-0.39, 0.29) is 29.4 Å². The number of carbonyl (C=O) groups excluding carboxylic acids is 1. The zero-order chi connectivity index (χ0) is 19.3. The van der Waals surface area contributed by atoms with Gasteiger partial charge in [-0.25, -0.2) is 9.18 Å². The van der Waals surface area contributed by atoms with Gasteiger partial charge >= 0.3 is 12.3 Å². The van der Waals surface area contributed by atoms with Crippen molar-refractivity contribution in [3.8, 4) is 0 Å². The van der Waals surface area contributed by atoms with Gasteiger partial charge in [-0.15, -0.1) is 0 Å². The highest BCUT2D eigenvalue weighted by atomic mass is 19.4. The SMILES string of the molecule is CC(C)(C)OC(=O)N1CC2CC(c3cc(F)ccc3C(F)(F)F)CC2C1. The number of halogens is 4. The zero-order valence-electron chi connectivity index (χ0n) is 15.1. The van der Waals surface area contributed by atoms with Crippen LogP contribution in [-0.2, 0) is 10.9 Å². The van der Waals surface area contributed by atoms with Crippen LogP contribution < -0.4 is 0 Å². The Kier molecular flexibility index (Phi) is 4.69. The number of ether oxygens (including phenoxy) is 1. The number of rotatable bonds is 1. The number of alkyl halides is 3. The standard InChI is InChI=1S/C19H23F4NO2/c1-18(2,3)26-17(25)24-9-12-6-11(7-13(12)10-24)15-8-14(20)4-5-16(15)19(21,22)23/h4-5,8,11-13H,6-7,9-10H2,1-3H3. The van der Waals surface area contributed by atoms with E-state index in [2.05, 4.69) is 0 Å². The van der Waals surface area contributed by atoms with Crippen LogP contribution in [0, 0.1) is 17.7 Å². The van der Waals surface area contributed by atoms with E-state index in [0.29, 0.717) is 25.9 Å². The number of likely N-dealkylation sites (tertiary alicyclic amines) is 1. The first-order chi connectivity index (χ1) is 11.9. The summed E-state index contributed by atoms with van der Waals surface area (Å²) in [5.41, 5.74) is -1.30. The van der Waals surface area contributed by atoms with Crippen molar-refractivity contribution in [3.05, 3.63) is 35.1 Å². The fourth-order valence-corrected chi connectivity index (χ4v) is 4.16. The first-order valence-corrected chi connectivity index (χ1v) is 8.78. The van der Waals surface area contributed by atoms with Crippen LogP contribution in [0.4, 0.5) is 22.4 Å². The number of hydrogen-bond donors (Lipinski definition) is 0. The third-order valence-corrected chi connectivity index (χ3v) is 5.16. The molecule has 2 fully saturated rings. The molecule has 3 rings (SSSR count). The smallest absolute Gasteiger partial charge is 0.416 e. The minimum atomic E-state index is -4.50. The maximum atomic E-state index is 13.6. The van der Waals surface area contributed by atoms with E-state index in [1.165, 1.54) is 0 Å².